The largest absolute Gasteiger partial charge is 0.491 e. The van der Waals surface area contributed by atoms with E-state index >= 15 is 0 Å². The minimum absolute atomic E-state index is 0.0472. The van der Waals surface area contributed by atoms with Gasteiger partial charge in [-0.2, -0.15) is 0 Å². The van der Waals surface area contributed by atoms with Gasteiger partial charge in [-0.15, -0.1) is 11.6 Å². The minimum Gasteiger partial charge on any atom is -0.491 e. The van der Waals surface area contributed by atoms with Crippen LogP contribution in [0.2, 0.25) is 5.02 Å². The Morgan fingerprint density at radius 3 is 2.50 bits per heavy atom. The lowest BCUT2D eigenvalue weighted by Crippen LogP contribution is -2.41. The van der Waals surface area contributed by atoms with E-state index in [9.17, 15) is 9.90 Å². The fraction of sp³-hybridized carbons (Fsp3) is 0.457. The Morgan fingerprint density at radius 2 is 1.83 bits per heavy atom. The van der Waals surface area contributed by atoms with Gasteiger partial charge < -0.3 is 28.6 Å². The molecule has 2 heterocycles. The first kappa shape index (κ1) is 34.3. The molecule has 248 valence electrons. The normalized spacial score (nSPS) is 20.1. The van der Waals surface area contributed by atoms with E-state index in [1.165, 1.54) is 5.56 Å². The molecule has 0 spiro atoms. The third-order valence-electron chi connectivity index (χ3n) is 8.63. The molecule has 3 aromatic rings. The molecule has 1 aliphatic heterocycles. The SMILES string of the molecule is COCCN(CCOC)CC(O)COc1ccc(C2c3c(c4cc(Cl)ccc4n3C)CCN2C(=O)OC2=C[C@H](C)C(Cl)C=C2)cc1. The van der Waals surface area contributed by atoms with Crippen LogP contribution >= 0.6 is 23.2 Å². The number of alkyl halides is 1. The Balaban J connectivity index is 1.37. The van der Waals surface area contributed by atoms with E-state index in [-0.39, 0.29) is 17.9 Å². The third-order valence-corrected chi connectivity index (χ3v) is 9.41. The van der Waals surface area contributed by atoms with E-state index in [2.05, 4.69) is 9.47 Å². The zero-order valence-corrected chi connectivity index (χ0v) is 28.3. The maximum atomic E-state index is 13.8. The number of aromatic nitrogens is 1. The van der Waals surface area contributed by atoms with Crippen molar-refractivity contribution in [3.05, 3.63) is 88.3 Å². The Labute approximate surface area is 280 Å². The number of aryl methyl sites for hydroxylation is 1. The van der Waals surface area contributed by atoms with E-state index in [0.717, 1.165) is 22.2 Å². The third kappa shape index (κ3) is 7.90. The molecule has 0 bridgehead atoms. The molecule has 4 atom stereocenters. The summed E-state index contributed by atoms with van der Waals surface area (Å²) in [6, 6.07) is 13.2. The number of allylic oxidation sites excluding steroid dienone is 3. The number of fused-ring (bicyclic) bond motifs is 3. The number of aliphatic hydroxyl groups excluding tert-OH is 1. The van der Waals surface area contributed by atoms with Crippen molar-refractivity contribution >= 4 is 40.2 Å². The number of amides is 1. The van der Waals surface area contributed by atoms with Crippen molar-refractivity contribution in [3.8, 4) is 5.75 Å². The van der Waals surface area contributed by atoms with Crippen molar-refractivity contribution in [2.75, 3.05) is 60.2 Å². The first-order valence-corrected chi connectivity index (χ1v) is 16.4. The smallest absolute Gasteiger partial charge is 0.416 e. The number of nitrogens with zero attached hydrogens (tertiary/aromatic N) is 3. The zero-order chi connectivity index (χ0) is 32.8. The van der Waals surface area contributed by atoms with Crippen molar-refractivity contribution in [1.82, 2.24) is 14.4 Å². The molecule has 1 aliphatic carbocycles. The first-order valence-electron chi connectivity index (χ1n) is 15.6. The predicted molar refractivity (Wildman–Crippen MR) is 181 cm³/mol. The second kappa shape index (κ2) is 15.7. The maximum Gasteiger partial charge on any atom is 0.416 e. The van der Waals surface area contributed by atoms with E-state index in [4.69, 9.17) is 42.1 Å². The zero-order valence-electron chi connectivity index (χ0n) is 26.8. The van der Waals surface area contributed by atoms with Gasteiger partial charge in [-0.1, -0.05) is 36.7 Å². The van der Waals surface area contributed by atoms with Crippen LogP contribution in [0, 0.1) is 5.92 Å². The molecular formula is C35H43Cl2N3O6. The Hall–Kier alpha value is -3.05. The monoisotopic (exact) mass is 671 g/mol. The van der Waals surface area contributed by atoms with Crippen LogP contribution in [0.15, 0.2) is 66.5 Å². The second-order valence-corrected chi connectivity index (χ2v) is 12.8. The summed E-state index contributed by atoms with van der Waals surface area (Å²) >= 11 is 12.7. The molecule has 9 nitrogen and oxygen atoms in total. The van der Waals surface area contributed by atoms with Crippen molar-refractivity contribution in [3.63, 3.8) is 0 Å². The first-order chi connectivity index (χ1) is 22.2. The summed E-state index contributed by atoms with van der Waals surface area (Å²) in [5.41, 5.74) is 4.14. The Bertz CT molecular complexity index is 1550. The minimum atomic E-state index is -0.692. The predicted octanol–water partition coefficient (Wildman–Crippen LogP) is 5.95. The second-order valence-electron chi connectivity index (χ2n) is 11.8. The highest BCUT2D eigenvalue weighted by molar-refractivity contribution is 6.31. The molecule has 11 heteroatoms. The highest BCUT2D eigenvalue weighted by Gasteiger charge is 2.37. The lowest BCUT2D eigenvalue weighted by molar-refractivity contribution is 0.0459. The lowest BCUT2D eigenvalue weighted by Gasteiger charge is -2.36. The Morgan fingerprint density at radius 1 is 1.11 bits per heavy atom. The molecule has 0 saturated carbocycles. The molecule has 5 rings (SSSR count). The molecule has 0 saturated heterocycles. The van der Waals surface area contributed by atoms with Crippen LogP contribution in [-0.4, -0.2) is 97.3 Å². The van der Waals surface area contributed by atoms with E-state index in [1.54, 1.807) is 25.2 Å². The molecule has 0 radical (unpaired) electrons. The number of halogens is 2. The van der Waals surface area contributed by atoms with Crippen molar-refractivity contribution in [2.24, 2.45) is 13.0 Å². The lowest BCUT2D eigenvalue weighted by atomic mass is 9.92. The standard InChI is InChI=1S/C35H43Cl2N3O6/c1-23-19-28(10-11-31(23)37)46-35(42)40-14-13-29-30-20-25(36)7-12-32(30)38(2)34(29)33(40)24-5-8-27(9-6-24)45-22-26(41)21-39(15-17-43-3)16-18-44-4/h5-12,19-20,23,26,31,33,41H,13-18,21-22H2,1-4H3/t23-,26?,31?,33?/m0/s1. The van der Waals surface area contributed by atoms with Gasteiger partial charge in [0, 0.05) is 69.1 Å². The van der Waals surface area contributed by atoms with Gasteiger partial charge in [-0.05, 0) is 65.9 Å². The Kier molecular flexibility index (Phi) is 11.7. The van der Waals surface area contributed by atoms with Gasteiger partial charge in [0.1, 0.15) is 30.3 Å². The van der Waals surface area contributed by atoms with Gasteiger partial charge in [0.05, 0.1) is 18.6 Å². The van der Waals surface area contributed by atoms with Crippen LogP contribution in [-0.2, 0) is 27.7 Å². The van der Waals surface area contributed by atoms with Gasteiger partial charge in [0.25, 0.3) is 0 Å². The number of hydrogen-bond donors (Lipinski definition) is 1. The van der Waals surface area contributed by atoms with Crippen LogP contribution in [0.1, 0.15) is 29.8 Å². The van der Waals surface area contributed by atoms with Crippen LogP contribution in [0.5, 0.6) is 5.75 Å². The molecule has 1 amide bonds. The van der Waals surface area contributed by atoms with Crippen LogP contribution in [0.4, 0.5) is 4.79 Å². The highest BCUT2D eigenvalue weighted by atomic mass is 35.5. The van der Waals surface area contributed by atoms with E-state index in [1.807, 2.05) is 68.6 Å². The van der Waals surface area contributed by atoms with Gasteiger partial charge in [0.2, 0.25) is 0 Å². The quantitative estimate of drug-likeness (QED) is 0.225. The number of carbonyl (C=O) groups excluding carboxylic acids is 1. The summed E-state index contributed by atoms with van der Waals surface area (Å²) in [5, 5.41) is 12.3. The van der Waals surface area contributed by atoms with Crippen LogP contribution < -0.4 is 4.74 Å². The molecule has 2 aliphatic rings. The van der Waals surface area contributed by atoms with Gasteiger partial charge in [-0.25, -0.2) is 4.79 Å². The number of rotatable bonds is 13. The molecule has 2 aromatic carbocycles. The van der Waals surface area contributed by atoms with Gasteiger partial charge >= 0.3 is 6.09 Å². The maximum absolute atomic E-state index is 13.8. The molecule has 1 aromatic heterocycles. The average Bonchev–Trinajstić information content (AvgIpc) is 3.33. The van der Waals surface area contributed by atoms with Crippen molar-refractivity contribution < 1.29 is 28.8 Å². The van der Waals surface area contributed by atoms with Crippen molar-refractivity contribution in [2.45, 2.75) is 30.9 Å². The molecule has 0 fully saturated rings. The summed E-state index contributed by atoms with van der Waals surface area (Å²) in [6.45, 7) is 5.55. The molecule has 1 N–H and O–H groups in total. The van der Waals surface area contributed by atoms with Crippen LogP contribution in [0.25, 0.3) is 10.9 Å². The summed E-state index contributed by atoms with van der Waals surface area (Å²) < 4.78 is 24.4. The summed E-state index contributed by atoms with van der Waals surface area (Å²) in [5.74, 6) is 1.17. The number of benzene rings is 2. The summed E-state index contributed by atoms with van der Waals surface area (Å²) in [7, 11) is 5.34. The average molecular weight is 673 g/mol. The van der Waals surface area contributed by atoms with Crippen molar-refractivity contribution in [1.29, 1.82) is 0 Å². The van der Waals surface area contributed by atoms with Gasteiger partial charge in [-0.3, -0.25) is 9.80 Å². The molecule has 46 heavy (non-hydrogen) atoms. The number of hydrogen-bond acceptors (Lipinski definition) is 7. The molecule has 3 unspecified atom stereocenters. The summed E-state index contributed by atoms with van der Waals surface area (Å²) in [6.07, 6.45) is 5.04. The number of aliphatic hydroxyl groups is 1. The fourth-order valence-corrected chi connectivity index (χ4v) is 6.51. The fourth-order valence-electron chi connectivity index (χ4n) is 6.19. The number of carbonyl (C=O) groups is 1. The summed E-state index contributed by atoms with van der Waals surface area (Å²) in [4.78, 5) is 17.7. The molecular weight excluding hydrogens is 629 g/mol. The highest BCUT2D eigenvalue weighted by Crippen LogP contribution is 2.41. The van der Waals surface area contributed by atoms with E-state index in [0.29, 0.717) is 62.3 Å². The topological polar surface area (TPSA) is 85.6 Å². The van der Waals surface area contributed by atoms with E-state index < -0.39 is 18.2 Å². The number of ether oxygens (including phenoxy) is 4. The van der Waals surface area contributed by atoms with Gasteiger partial charge in [0.15, 0.2) is 0 Å². The number of methoxy groups -OCH3 is 2. The van der Waals surface area contributed by atoms with Crippen LogP contribution in [0.3, 0.4) is 0 Å².